The van der Waals surface area contributed by atoms with Crippen LogP contribution >= 0.6 is 0 Å². The van der Waals surface area contributed by atoms with Crippen molar-refractivity contribution in [1.82, 2.24) is 14.9 Å². The summed E-state index contributed by atoms with van der Waals surface area (Å²) >= 11 is 0. The summed E-state index contributed by atoms with van der Waals surface area (Å²) in [6, 6.07) is 14.9. The third-order valence-corrected chi connectivity index (χ3v) is 6.05. The van der Waals surface area contributed by atoms with Gasteiger partial charge in [0.25, 0.3) is 5.91 Å². The zero-order valence-corrected chi connectivity index (χ0v) is 15.0. The van der Waals surface area contributed by atoms with E-state index in [0.717, 1.165) is 48.2 Å². The normalized spacial score (nSPS) is 22.1. The van der Waals surface area contributed by atoms with E-state index in [9.17, 15) is 4.79 Å². The average Bonchev–Trinajstić information content (AvgIpc) is 3.06. The van der Waals surface area contributed by atoms with E-state index in [0.29, 0.717) is 12.0 Å². The number of H-pyrrole nitrogens is 1. The number of aromatic nitrogens is 2. The third-order valence-electron chi connectivity index (χ3n) is 6.05. The van der Waals surface area contributed by atoms with Crippen molar-refractivity contribution in [2.24, 2.45) is 0 Å². The van der Waals surface area contributed by atoms with Crippen LogP contribution in [0.2, 0.25) is 0 Å². The number of hydrogen-bond acceptors (Lipinski definition) is 2. The van der Waals surface area contributed by atoms with E-state index in [4.69, 9.17) is 0 Å². The molecule has 26 heavy (non-hydrogen) atoms. The fourth-order valence-corrected chi connectivity index (χ4v) is 4.89. The Labute approximate surface area is 153 Å². The SMILES string of the molecule is Cc1nc2ccc(C(=O)N3CCC[C@H]4c5ccccc5CC[C@H]43)cc2[nH]1. The smallest absolute Gasteiger partial charge is 0.254 e. The molecule has 1 aliphatic heterocycles. The van der Waals surface area contributed by atoms with Gasteiger partial charge in [0.2, 0.25) is 0 Å². The van der Waals surface area contributed by atoms with Crippen molar-refractivity contribution in [3.8, 4) is 0 Å². The molecule has 1 aliphatic carbocycles. The summed E-state index contributed by atoms with van der Waals surface area (Å²) in [7, 11) is 0. The average molecular weight is 345 g/mol. The second-order valence-corrected chi connectivity index (χ2v) is 7.61. The molecule has 1 fully saturated rings. The van der Waals surface area contributed by atoms with Crippen molar-refractivity contribution >= 4 is 16.9 Å². The number of benzene rings is 2. The first-order valence-corrected chi connectivity index (χ1v) is 9.56. The van der Waals surface area contributed by atoms with Gasteiger partial charge in [0.1, 0.15) is 5.82 Å². The Kier molecular flexibility index (Phi) is 3.59. The Bertz CT molecular complexity index is 990. The van der Waals surface area contributed by atoms with E-state index in [-0.39, 0.29) is 5.91 Å². The number of fused-ring (bicyclic) bond motifs is 4. The molecule has 0 radical (unpaired) electrons. The molecule has 2 aliphatic rings. The number of aryl methyl sites for hydroxylation is 2. The second-order valence-electron chi connectivity index (χ2n) is 7.61. The highest BCUT2D eigenvalue weighted by atomic mass is 16.2. The van der Waals surface area contributed by atoms with Crippen LogP contribution in [0.5, 0.6) is 0 Å². The quantitative estimate of drug-likeness (QED) is 0.718. The van der Waals surface area contributed by atoms with Crippen LogP contribution in [0.15, 0.2) is 42.5 Å². The summed E-state index contributed by atoms with van der Waals surface area (Å²) < 4.78 is 0. The highest BCUT2D eigenvalue weighted by molar-refractivity contribution is 5.97. The number of nitrogens with one attached hydrogen (secondary N) is 1. The van der Waals surface area contributed by atoms with Crippen molar-refractivity contribution in [1.29, 1.82) is 0 Å². The number of imidazole rings is 1. The number of carbonyl (C=O) groups is 1. The van der Waals surface area contributed by atoms with Crippen LogP contribution < -0.4 is 0 Å². The van der Waals surface area contributed by atoms with Crippen molar-refractivity contribution < 1.29 is 4.79 Å². The van der Waals surface area contributed by atoms with Crippen LogP contribution in [0.3, 0.4) is 0 Å². The van der Waals surface area contributed by atoms with Crippen LogP contribution in [0.1, 0.15) is 52.5 Å². The Morgan fingerprint density at radius 2 is 2.08 bits per heavy atom. The molecule has 4 heteroatoms. The van der Waals surface area contributed by atoms with Crippen LogP contribution in [-0.2, 0) is 6.42 Å². The van der Waals surface area contributed by atoms with Gasteiger partial charge in [-0.1, -0.05) is 24.3 Å². The summed E-state index contributed by atoms with van der Waals surface area (Å²) in [6.45, 7) is 2.80. The standard InChI is InChI=1S/C22H23N3O/c1-14-23-19-10-8-16(13-20(19)24-14)22(26)25-12-4-7-18-17-6-3-2-5-15(17)9-11-21(18)25/h2-3,5-6,8,10,13,18,21H,4,7,9,11-12H2,1H3,(H,23,24)/t18-,21+/m0/s1. The molecule has 0 bridgehead atoms. The summed E-state index contributed by atoms with van der Waals surface area (Å²) in [6.07, 6.45) is 4.40. The predicted octanol–water partition coefficient (Wildman–Crippen LogP) is 4.21. The van der Waals surface area contributed by atoms with E-state index in [1.807, 2.05) is 25.1 Å². The molecule has 132 valence electrons. The molecule has 1 aromatic heterocycles. The minimum Gasteiger partial charge on any atom is -0.342 e. The van der Waals surface area contributed by atoms with Crippen molar-refractivity contribution in [2.75, 3.05) is 6.54 Å². The van der Waals surface area contributed by atoms with Crippen molar-refractivity contribution in [2.45, 2.75) is 44.6 Å². The van der Waals surface area contributed by atoms with Crippen LogP contribution in [-0.4, -0.2) is 33.4 Å². The van der Waals surface area contributed by atoms with Gasteiger partial charge in [-0.2, -0.15) is 0 Å². The molecule has 0 unspecified atom stereocenters. The van der Waals surface area contributed by atoms with E-state index in [1.165, 1.54) is 17.5 Å². The minimum absolute atomic E-state index is 0.160. The molecule has 2 aromatic carbocycles. The zero-order chi connectivity index (χ0) is 17.7. The number of carbonyl (C=O) groups excluding carboxylic acids is 1. The molecule has 0 saturated carbocycles. The molecule has 1 amide bonds. The van der Waals surface area contributed by atoms with Gasteiger partial charge >= 0.3 is 0 Å². The number of likely N-dealkylation sites (tertiary alicyclic amines) is 1. The molecule has 4 nitrogen and oxygen atoms in total. The monoisotopic (exact) mass is 345 g/mol. The molecule has 3 aromatic rings. The fourth-order valence-electron chi connectivity index (χ4n) is 4.89. The van der Waals surface area contributed by atoms with Gasteiger partial charge in [0.15, 0.2) is 0 Å². The van der Waals surface area contributed by atoms with Gasteiger partial charge < -0.3 is 9.88 Å². The second kappa shape index (κ2) is 5.97. The Morgan fingerprint density at radius 3 is 3.00 bits per heavy atom. The maximum Gasteiger partial charge on any atom is 0.254 e. The number of hydrogen-bond donors (Lipinski definition) is 1. The molecule has 0 spiro atoms. The Morgan fingerprint density at radius 1 is 1.19 bits per heavy atom. The maximum atomic E-state index is 13.3. The number of aromatic amines is 1. The zero-order valence-electron chi connectivity index (χ0n) is 15.0. The molecule has 1 saturated heterocycles. The van der Waals surface area contributed by atoms with Gasteiger partial charge in [-0.25, -0.2) is 4.98 Å². The first kappa shape index (κ1) is 15.6. The van der Waals surface area contributed by atoms with Gasteiger partial charge in [0, 0.05) is 24.1 Å². The number of rotatable bonds is 1. The lowest BCUT2D eigenvalue weighted by Crippen LogP contribution is -2.49. The predicted molar refractivity (Wildman–Crippen MR) is 102 cm³/mol. The van der Waals surface area contributed by atoms with E-state index in [1.54, 1.807) is 0 Å². The molecule has 2 atom stereocenters. The van der Waals surface area contributed by atoms with Gasteiger partial charge in [0.05, 0.1) is 11.0 Å². The molecule has 5 rings (SSSR count). The third kappa shape index (κ3) is 2.44. The van der Waals surface area contributed by atoms with Crippen LogP contribution in [0, 0.1) is 6.92 Å². The lowest BCUT2D eigenvalue weighted by molar-refractivity contribution is 0.0547. The summed E-state index contributed by atoms with van der Waals surface area (Å²) in [5.74, 6) is 1.52. The summed E-state index contributed by atoms with van der Waals surface area (Å²) in [5.41, 5.74) is 5.55. The van der Waals surface area contributed by atoms with Gasteiger partial charge in [-0.15, -0.1) is 0 Å². The molecule has 2 heterocycles. The van der Waals surface area contributed by atoms with E-state index in [2.05, 4.69) is 39.1 Å². The Hall–Kier alpha value is -2.62. The first-order valence-electron chi connectivity index (χ1n) is 9.56. The highest BCUT2D eigenvalue weighted by Gasteiger charge is 2.38. The first-order chi connectivity index (χ1) is 12.7. The van der Waals surface area contributed by atoms with Gasteiger partial charge in [-0.3, -0.25) is 4.79 Å². The molecular formula is C22H23N3O. The van der Waals surface area contributed by atoms with Crippen LogP contribution in [0.4, 0.5) is 0 Å². The molecular weight excluding hydrogens is 322 g/mol. The lowest BCUT2D eigenvalue weighted by Gasteiger charge is -2.45. The van der Waals surface area contributed by atoms with Gasteiger partial charge in [-0.05, 0) is 61.9 Å². The number of nitrogens with zero attached hydrogens (tertiary/aromatic N) is 2. The maximum absolute atomic E-state index is 13.3. The van der Waals surface area contributed by atoms with Crippen molar-refractivity contribution in [3.05, 3.63) is 65.0 Å². The lowest BCUT2D eigenvalue weighted by atomic mass is 9.74. The van der Waals surface area contributed by atoms with Crippen molar-refractivity contribution in [3.63, 3.8) is 0 Å². The van der Waals surface area contributed by atoms with E-state index >= 15 is 0 Å². The topological polar surface area (TPSA) is 49.0 Å². The Balaban J connectivity index is 1.48. The fraction of sp³-hybridized carbons (Fsp3) is 0.364. The number of amides is 1. The number of piperidine rings is 1. The summed E-state index contributed by atoms with van der Waals surface area (Å²) in [5, 5.41) is 0. The molecule has 1 N–H and O–H groups in total. The largest absolute Gasteiger partial charge is 0.342 e. The van der Waals surface area contributed by atoms with Crippen LogP contribution in [0.25, 0.3) is 11.0 Å². The highest BCUT2D eigenvalue weighted by Crippen LogP contribution is 2.41. The summed E-state index contributed by atoms with van der Waals surface area (Å²) in [4.78, 5) is 23.1. The van der Waals surface area contributed by atoms with E-state index < -0.39 is 0 Å². The minimum atomic E-state index is 0.160.